The number of nitro benzene ring substituents is 1. The van der Waals surface area contributed by atoms with Crippen LogP contribution in [0.5, 0.6) is 0 Å². The first-order valence-electron chi connectivity index (χ1n) is 10.8. The van der Waals surface area contributed by atoms with Crippen molar-refractivity contribution in [1.29, 1.82) is 0 Å². The molecular formula is C23H26N4O4S. The minimum atomic E-state index is -0.408. The highest BCUT2D eigenvalue weighted by Crippen LogP contribution is 2.26. The van der Waals surface area contributed by atoms with Crippen LogP contribution in [0.3, 0.4) is 0 Å². The Kier molecular flexibility index (Phi) is 6.94. The molecule has 2 fully saturated rings. The maximum atomic E-state index is 13.2. The van der Waals surface area contributed by atoms with Crippen molar-refractivity contribution in [2.24, 2.45) is 0 Å². The number of anilines is 1. The molecule has 0 unspecified atom stereocenters. The van der Waals surface area contributed by atoms with Crippen LogP contribution in [-0.2, 0) is 4.79 Å². The summed E-state index contributed by atoms with van der Waals surface area (Å²) >= 11 is 1.43. The number of carbonyl (C=O) groups excluding carboxylic acids is 2. The van der Waals surface area contributed by atoms with Gasteiger partial charge in [-0.1, -0.05) is 12.1 Å². The lowest BCUT2D eigenvalue weighted by Crippen LogP contribution is -2.48. The number of likely N-dealkylation sites (tertiary alicyclic amines) is 1. The third-order valence-corrected chi connectivity index (χ3v) is 6.98. The number of non-ortho nitro benzene ring substituents is 1. The van der Waals surface area contributed by atoms with Crippen molar-refractivity contribution in [3.05, 3.63) is 64.2 Å². The fourth-order valence-corrected chi connectivity index (χ4v) is 5.04. The third kappa shape index (κ3) is 5.04. The molecule has 4 rings (SSSR count). The van der Waals surface area contributed by atoms with Gasteiger partial charge in [0.05, 0.1) is 16.2 Å². The number of piperazine rings is 1. The number of amides is 2. The van der Waals surface area contributed by atoms with Crippen LogP contribution in [0.4, 0.5) is 11.4 Å². The first-order valence-corrected chi connectivity index (χ1v) is 11.8. The van der Waals surface area contributed by atoms with E-state index in [2.05, 4.69) is 4.90 Å². The Bertz CT molecular complexity index is 984. The highest BCUT2D eigenvalue weighted by Gasteiger charge is 2.25. The summed E-state index contributed by atoms with van der Waals surface area (Å²) in [6, 6.07) is 14.0. The lowest BCUT2D eigenvalue weighted by Gasteiger charge is -2.36. The molecule has 168 valence electrons. The second-order valence-electron chi connectivity index (χ2n) is 7.93. The van der Waals surface area contributed by atoms with Crippen molar-refractivity contribution >= 4 is 35.0 Å². The predicted molar refractivity (Wildman–Crippen MR) is 124 cm³/mol. The number of nitro groups is 1. The van der Waals surface area contributed by atoms with Gasteiger partial charge in [0.1, 0.15) is 0 Å². The molecule has 0 saturated carbocycles. The number of carbonyl (C=O) groups is 2. The van der Waals surface area contributed by atoms with E-state index >= 15 is 0 Å². The smallest absolute Gasteiger partial charge is 0.269 e. The molecule has 2 aromatic rings. The summed E-state index contributed by atoms with van der Waals surface area (Å²) in [5, 5.41) is 10.8. The molecule has 8 nitrogen and oxygen atoms in total. The van der Waals surface area contributed by atoms with Crippen LogP contribution in [0.1, 0.15) is 23.2 Å². The maximum Gasteiger partial charge on any atom is 0.269 e. The van der Waals surface area contributed by atoms with Gasteiger partial charge in [-0.25, -0.2) is 0 Å². The van der Waals surface area contributed by atoms with Crippen molar-refractivity contribution in [1.82, 2.24) is 9.80 Å². The summed E-state index contributed by atoms with van der Waals surface area (Å²) in [5.41, 5.74) is 1.62. The highest BCUT2D eigenvalue weighted by atomic mass is 32.2. The van der Waals surface area contributed by atoms with Crippen LogP contribution in [0, 0.1) is 10.1 Å². The zero-order valence-corrected chi connectivity index (χ0v) is 18.6. The summed E-state index contributed by atoms with van der Waals surface area (Å²) in [4.78, 5) is 42.7. The Morgan fingerprint density at radius 1 is 0.875 bits per heavy atom. The van der Waals surface area contributed by atoms with Gasteiger partial charge in [0.25, 0.3) is 11.6 Å². The second kappa shape index (κ2) is 10.0. The lowest BCUT2D eigenvalue weighted by atomic mass is 10.1. The van der Waals surface area contributed by atoms with Gasteiger partial charge < -0.3 is 14.7 Å². The van der Waals surface area contributed by atoms with E-state index in [1.54, 1.807) is 12.1 Å². The Labute approximate surface area is 191 Å². The average Bonchev–Trinajstić information content (AvgIpc) is 3.38. The molecule has 9 heteroatoms. The molecule has 0 spiro atoms. The quantitative estimate of drug-likeness (QED) is 0.378. The van der Waals surface area contributed by atoms with E-state index in [1.165, 1.54) is 23.9 Å². The third-order valence-electron chi connectivity index (χ3n) is 5.92. The topological polar surface area (TPSA) is 87.0 Å². The number of hydrogen-bond donors (Lipinski definition) is 0. The Hall–Kier alpha value is -3.07. The molecule has 32 heavy (non-hydrogen) atoms. The molecule has 0 aliphatic carbocycles. The van der Waals surface area contributed by atoms with Crippen LogP contribution in [0.15, 0.2) is 53.4 Å². The van der Waals surface area contributed by atoms with Crippen molar-refractivity contribution in [3.8, 4) is 0 Å². The first-order chi connectivity index (χ1) is 15.5. The van der Waals surface area contributed by atoms with Gasteiger partial charge in [-0.3, -0.25) is 19.7 Å². The van der Waals surface area contributed by atoms with Crippen LogP contribution >= 0.6 is 11.8 Å². The van der Waals surface area contributed by atoms with Crippen molar-refractivity contribution in [2.75, 3.05) is 49.9 Å². The lowest BCUT2D eigenvalue weighted by molar-refractivity contribution is -0.384. The van der Waals surface area contributed by atoms with Gasteiger partial charge in [-0.15, -0.1) is 11.8 Å². The van der Waals surface area contributed by atoms with E-state index in [4.69, 9.17) is 0 Å². The van der Waals surface area contributed by atoms with E-state index in [9.17, 15) is 19.7 Å². The summed E-state index contributed by atoms with van der Waals surface area (Å²) in [5.74, 6) is 0.453. The number of benzene rings is 2. The maximum absolute atomic E-state index is 13.2. The molecular weight excluding hydrogens is 428 g/mol. The predicted octanol–water partition coefficient (Wildman–Crippen LogP) is 3.27. The normalized spacial score (nSPS) is 16.3. The van der Waals surface area contributed by atoms with Gasteiger partial charge in [0, 0.05) is 62.0 Å². The minimum absolute atomic E-state index is 0.0231. The van der Waals surface area contributed by atoms with Crippen molar-refractivity contribution in [3.63, 3.8) is 0 Å². The Balaban J connectivity index is 1.35. The van der Waals surface area contributed by atoms with Crippen molar-refractivity contribution in [2.45, 2.75) is 17.7 Å². The number of rotatable bonds is 6. The molecule has 2 aromatic carbocycles. The molecule has 0 N–H and O–H groups in total. The van der Waals surface area contributed by atoms with E-state index in [1.807, 2.05) is 34.1 Å². The summed E-state index contributed by atoms with van der Waals surface area (Å²) in [7, 11) is 0. The van der Waals surface area contributed by atoms with Crippen LogP contribution in [-0.4, -0.2) is 71.6 Å². The molecule has 0 atom stereocenters. The SMILES string of the molecule is O=C(CSc1ccccc1C(=O)N1CCN(c2ccc([N+](=O)[O-])cc2)CC1)N1CCCC1. The van der Waals surface area contributed by atoms with Gasteiger partial charge >= 0.3 is 0 Å². The van der Waals surface area contributed by atoms with Crippen LogP contribution < -0.4 is 4.90 Å². The average molecular weight is 455 g/mol. The molecule has 0 bridgehead atoms. The number of thioether (sulfide) groups is 1. The zero-order chi connectivity index (χ0) is 22.5. The van der Waals surface area contributed by atoms with Crippen molar-refractivity contribution < 1.29 is 14.5 Å². The molecule has 2 aliphatic rings. The van der Waals surface area contributed by atoms with E-state index in [0.29, 0.717) is 37.5 Å². The second-order valence-corrected chi connectivity index (χ2v) is 8.94. The highest BCUT2D eigenvalue weighted by molar-refractivity contribution is 8.00. The van der Waals surface area contributed by atoms with Gasteiger partial charge in [0.2, 0.25) is 5.91 Å². The molecule has 0 aromatic heterocycles. The van der Waals surface area contributed by atoms with Gasteiger partial charge in [-0.2, -0.15) is 0 Å². The molecule has 2 amide bonds. The van der Waals surface area contributed by atoms with Crippen LogP contribution in [0.2, 0.25) is 0 Å². The molecule has 2 aliphatic heterocycles. The summed E-state index contributed by atoms with van der Waals surface area (Å²) in [6.45, 7) is 4.12. The number of hydrogen-bond acceptors (Lipinski definition) is 6. The van der Waals surface area contributed by atoms with E-state index < -0.39 is 4.92 Å². The molecule has 0 radical (unpaired) electrons. The summed E-state index contributed by atoms with van der Waals surface area (Å²) in [6.07, 6.45) is 2.13. The largest absolute Gasteiger partial charge is 0.368 e. The van der Waals surface area contributed by atoms with E-state index in [-0.39, 0.29) is 17.5 Å². The van der Waals surface area contributed by atoms with Gasteiger partial charge in [-0.05, 0) is 37.1 Å². The zero-order valence-electron chi connectivity index (χ0n) is 17.8. The Morgan fingerprint density at radius 3 is 2.19 bits per heavy atom. The minimum Gasteiger partial charge on any atom is -0.368 e. The standard InChI is InChI=1S/C23H26N4O4S/c28-22(25-11-3-4-12-25)17-32-21-6-2-1-5-20(21)23(29)26-15-13-24(14-16-26)18-7-9-19(10-8-18)27(30)31/h1-2,5-10H,3-4,11-17H2. The Morgan fingerprint density at radius 2 is 1.53 bits per heavy atom. The number of nitrogens with zero attached hydrogens (tertiary/aromatic N) is 4. The molecule has 2 saturated heterocycles. The molecule has 2 heterocycles. The van der Waals surface area contributed by atoms with E-state index in [0.717, 1.165) is 36.5 Å². The fourth-order valence-electron chi connectivity index (χ4n) is 4.09. The monoisotopic (exact) mass is 454 g/mol. The fraction of sp³-hybridized carbons (Fsp3) is 0.391. The van der Waals surface area contributed by atoms with Gasteiger partial charge in [0.15, 0.2) is 0 Å². The summed E-state index contributed by atoms with van der Waals surface area (Å²) < 4.78 is 0. The first kappa shape index (κ1) is 22.1. The van der Waals surface area contributed by atoms with Crippen LogP contribution in [0.25, 0.3) is 0 Å².